The second-order valence-corrected chi connectivity index (χ2v) is 6.68. The molecule has 110 valence electrons. The Morgan fingerprint density at radius 3 is 2.55 bits per heavy atom. The van der Waals surface area contributed by atoms with Gasteiger partial charge in [-0.25, -0.2) is 13.6 Å². The van der Waals surface area contributed by atoms with Crippen molar-refractivity contribution in [1.82, 2.24) is 4.90 Å². The minimum absolute atomic E-state index is 0.0329. The summed E-state index contributed by atoms with van der Waals surface area (Å²) in [5, 5.41) is 5.02. The molecule has 1 aromatic carbocycles. The number of hydrogen-bond donors (Lipinski definition) is 1. The van der Waals surface area contributed by atoms with Crippen LogP contribution in [-0.4, -0.2) is 38.6 Å². The summed E-state index contributed by atoms with van der Waals surface area (Å²) >= 11 is 0. The highest BCUT2D eigenvalue weighted by Crippen LogP contribution is 2.22. The third-order valence-electron chi connectivity index (χ3n) is 3.30. The molecular weight excluding hydrogens is 280 g/mol. The normalized spacial score (nSPS) is 19.4. The van der Waals surface area contributed by atoms with E-state index in [1.807, 2.05) is 24.3 Å². The highest BCUT2D eigenvalue weighted by molar-refractivity contribution is 7.89. The molecule has 0 spiro atoms. The van der Waals surface area contributed by atoms with Crippen LogP contribution in [0, 0.1) is 5.92 Å². The molecule has 1 atom stereocenters. The first-order valence-corrected chi connectivity index (χ1v) is 8.00. The second-order valence-electron chi connectivity index (χ2n) is 5.02. The summed E-state index contributed by atoms with van der Waals surface area (Å²) in [6, 6.07) is 7.44. The molecule has 1 fully saturated rings. The number of carbonyl (C=O) groups is 1. The van der Waals surface area contributed by atoms with Gasteiger partial charge >= 0.3 is 0 Å². The van der Waals surface area contributed by atoms with Crippen LogP contribution in [0.3, 0.4) is 0 Å². The number of benzene rings is 1. The molecule has 7 heteroatoms. The van der Waals surface area contributed by atoms with Gasteiger partial charge in [0.1, 0.15) is 5.75 Å². The summed E-state index contributed by atoms with van der Waals surface area (Å²) in [5.74, 6) is 0.372. The van der Waals surface area contributed by atoms with Crippen LogP contribution in [0.1, 0.15) is 12.0 Å². The maximum absolute atomic E-state index is 11.9. The summed E-state index contributed by atoms with van der Waals surface area (Å²) in [7, 11) is -1.94. The molecule has 2 rings (SSSR count). The van der Waals surface area contributed by atoms with Crippen molar-refractivity contribution in [3.8, 4) is 5.75 Å². The average molecular weight is 298 g/mol. The number of rotatable bonds is 5. The Morgan fingerprint density at radius 2 is 2.00 bits per heavy atom. The van der Waals surface area contributed by atoms with Gasteiger partial charge in [-0.3, -0.25) is 4.79 Å². The van der Waals surface area contributed by atoms with Crippen LogP contribution in [0.2, 0.25) is 0 Å². The van der Waals surface area contributed by atoms with Crippen molar-refractivity contribution in [2.45, 2.75) is 13.0 Å². The van der Waals surface area contributed by atoms with Gasteiger partial charge in [0.05, 0.1) is 12.9 Å². The Hall–Kier alpha value is -1.60. The van der Waals surface area contributed by atoms with Crippen LogP contribution in [-0.2, 0) is 21.4 Å². The maximum atomic E-state index is 11.9. The zero-order chi connectivity index (χ0) is 14.8. The van der Waals surface area contributed by atoms with E-state index in [9.17, 15) is 13.2 Å². The van der Waals surface area contributed by atoms with Crippen molar-refractivity contribution in [3.63, 3.8) is 0 Å². The van der Waals surface area contributed by atoms with E-state index in [0.717, 1.165) is 11.3 Å². The number of sulfonamides is 1. The lowest BCUT2D eigenvalue weighted by Crippen LogP contribution is -2.27. The summed E-state index contributed by atoms with van der Waals surface area (Å²) in [5.41, 5.74) is 0.982. The van der Waals surface area contributed by atoms with Crippen molar-refractivity contribution in [3.05, 3.63) is 29.8 Å². The van der Waals surface area contributed by atoms with Gasteiger partial charge in [0, 0.05) is 25.4 Å². The van der Waals surface area contributed by atoms with Gasteiger partial charge in [-0.2, -0.15) is 0 Å². The van der Waals surface area contributed by atoms with Gasteiger partial charge in [0.2, 0.25) is 15.9 Å². The molecule has 0 bridgehead atoms. The van der Waals surface area contributed by atoms with Crippen LogP contribution in [0.15, 0.2) is 24.3 Å². The lowest BCUT2D eigenvalue weighted by Gasteiger charge is -2.16. The number of nitrogens with zero attached hydrogens (tertiary/aromatic N) is 1. The lowest BCUT2D eigenvalue weighted by atomic mass is 10.1. The fourth-order valence-corrected chi connectivity index (χ4v) is 3.28. The molecule has 0 saturated carbocycles. The molecule has 1 amide bonds. The standard InChI is InChI=1S/C13H18N2O4S/c1-19-12-4-2-10(3-5-12)7-15-8-11(6-13(15)16)9-20(14,17)18/h2-5,11H,6-9H2,1H3,(H2,14,17,18). The number of carbonyl (C=O) groups excluding carboxylic acids is 1. The summed E-state index contributed by atoms with van der Waals surface area (Å²) in [6.45, 7) is 0.908. The fraction of sp³-hybridized carbons (Fsp3) is 0.462. The number of ether oxygens (including phenoxy) is 1. The number of primary sulfonamides is 1. The lowest BCUT2D eigenvalue weighted by molar-refractivity contribution is -0.128. The number of methoxy groups -OCH3 is 1. The molecule has 2 N–H and O–H groups in total. The monoisotopic (exact) mass is 298 g/mol. The molecule has 0 aliphatic carbocycles. The summed E-state index contributed by atoms with van der Waals surface area (Å²) < 4.78 is 27.2. The molecule has 0 radical (unpaired) electrons. The minimum Gasteiger partial charge on any atom is -0.497 e. The van der Waals surface area contributed by atoms with Crippen LogP contribution in [0.25, 0.3) is 0 Å². The Balaban J connectivity index is 1.97. The number of nitrogens with two attached hydrogens (primary N) is 1. The Labute approximate surface area is 118 Å². The maximum Gasteiger partial charge on any atom is 0.223 e. The van der Waals surface area contributed by atoms with Crippen molar-refractivity contribution in [1.29, 1.82) is 0 Å². The molecule has 1 saturated heterocycles. The third kappa shape index (κ3) is 3.94. The zero-order valence-corrected chi connectivity index (χ0v) is 12.1. The Kier molecular flexibility index (Phi) is 4.29. The molecule has 6 nitrogen and oxygen atoms in total. The van der Waals surface area contributed by atoms with Crippen LogP contribution in [0.4, 0.5) is 0 Å². The van der Waals surface area contributed by atoms with Gasteiger partial charge in [-0.15, -0.1) is 0 Å². The van der Waals surface area contributed by atoms with Crippen LogP contribution in [0.5, 0.6) is 5.75 Å². The fourth-order valence-electron chi connectivity index (χ4n) is 2.40. The van der Waals surface area contributed by atoms with Gasteiger partial charge in [-0.1, -0.05) is 12.1 Å². The van der Waals surface area contributed by atoms with E-state index in [-0.39, 0.29) is 24.0 Å². The smallest absolute Gasteiger partial charge is 0.223 e. The topological polar surface area (TPSA) is 89.7 Å². The van der Waals surface area contributed by atoms with Gasteiger partial charge in [-0.05, 0) is 17.7 Å². The van der Waals surface area contributed by atoms with Gasteiger partial charge < -0.3 is 9.64 Å². The van der Waals surface area contributed by atoms with E-state index in [1.54, 1.807) is 12.0 Å². The molecule has 1 aliphatic rings. The van der Waals surface area contributed by atoms with Crippen molar-refractivity contribution >= 4 is 15.9 Å². The van der Waals surface area contributed by atoms with Gasteiger partial charge in [0.15, 0.2) is 0 Å². The molecule has 20 heavy (non-hydrogen) atoms. The quantitative estimate of drug-likeness (QED) is 0.848. The van der Waals surface area contributed by atoms with Crippen molar-refractivity contribution in [2.75, 3.05) is 19.4 Å². The van der Waals surface area contributed by atoms with Crippen molar-refractivity contribution < 1.29 is 17.9 Å². The van der Waals surface area contributed by atoms with E-state index in [4.69, 9.17) is 9.88 Å². The Morgan fingerprint density at radius 1 is 1.35 bits per heavy atom. The van der Waals surface area contributed by atoms with E-state index in [1.165, 1.54) is 0 Å². The first-order chi connectivity index (χ1) is 9.37. The predicted octanol–water partition coefficient (Wildman–Crippen LogP) is 0.332. The molecular formula is C13H18N2O4S. The molecule has 0 aromatic heterocycles. The van der Waals surface area contributed by atoms with E-state index >= 15 is 0 Å². The summed E-state index contributed by atoms with van der Waals surface area (Å²) in [6.07, 6.45) is 0.243. The van der Waals surface area contributed by atoms with Crippen LogP contribution < -0.4 is 9.88 Å². The average Bonchev–Trinajstić information content (AvgIpc) is 2.68. The molecule has 1 unspecified atom stereocenters. The van der Waals surface area contributed by atoms with E-state index in [0.29, 0.717) is 13.1 Å². The number of hydrogen-bond acceptors (Lipinski definition) is 4. The zero-order valence-electron chi connectivity index (χ0n) is 11.3. The van der Waals surface area contributed by atoms with Crippen molar-refractivity contribution in [2.24, 2.45) is 11.1 Å². The van der Waals surface area contributed by atoms with Crippen LogP contribution >= 0.6 is 0 Å². The molecule has 1 aliphatic heterocycles. The van der Waals surface area contributed by atoms with Gasteiger partial charge in [0.25, 0.3) is 0 Å². The first kappa shape index (κ1) is 14.8. The third-order valence-corrected chi connectivity index (χ3v) is 4.23. The first-order valence-electron chi connectivity index (χ1n) is 6.28. The largest absolute Gasteiger partial charge is 0.497 e. The molecule has 1 aromatic rings. The second kappa shape index (κ2) is 5.80. The number of likely N-dealkylation sites (tertiary alicyclic amines) is 1. The molecule has 1 heterocycles. The van der Waals surface area contributed by atoms with E-state index < -0.39 is 10.0 Å². The number of amides is 1. The Bertz CT molecular complexity index is 583. The highest BCUT2D eigenvalue weighted by atomic mass is 32.2. The highest BCUT2D eigenvalue weighted by Gasteiger charge is 2.31. The minimum atomic E-state index is -3.53. The van der Waals surface area contributed by atoms with E-state index in [2.05, 4.69) is 0 Å². The predicted molar refractivity (Wildman–Crippen MR) is 74.5 cm³/mol. The SMILES string of the molecule is COc1ccc(CN2CC(CS(N)(=O)=O)CC2=O)cc1. The summed E-state index contributed by atoms with van der Waals surface area (Å²) in [4.78, 5) is 13.5.